The summed E-state index contributed by atoms with van der Waals surface area (Å²) in [6.45, 7) is 1.91. The molecule has 0 heterocycles. The molecule has 2 nitrogen and oxygen atoms in total. The first-order chi connectivity index (χ1) is 9.11. The smallest absolute Gasteiger partial charge is 0.146 e. The van der Waals surface area contributed by atoms with Crippen LogP contribution in [0.5, 0.6) is 11.5 Å². The van der Waals surface area contributed by atoms with Gasteiger partial charge in [-0.25, -0.2) is 0 Å². The number of benzene rings is 2. The van der Waals surface area contributed by atoms with Crippen molar-refractivity contribution in [3.05, 3.63) is 58.1 Å². The molecule has 0 saturated heterocycles. The Labute approximate surface area is 122 Å². The molecule has 0 aliphatic heterocycles. The molecule has 0 aliphatic rings. The number of aliphatic hydroxyl groups excluding tert-OH is 1. The maximum atomic E-state index is 9.97. The summed E-state index contributed by atoms with van der Waals surface area (Å²) in [5, 5.41) is 11.0. The van der Waals surface area contributed by atoms with Crippen LogP contribution in [0, 0.1) is 0 Å². The lowest BCUT2D eigenvalue weighted by Gasteiger charge is -2.15. The van der Waals surface area contributed by atoms with Crippen LogP contribution in [0.3, 0.4) is 0 Å². The standard InChI is InChI=1S/C15H14Cl2O2/c1-2-13(18)11-5-3-4-6-14(11)19-15-8-7-10(16)9-12(15)17/h3-9,13,18H,2H2,1H3/t13-/m1/s1. The molecular formula is C15H14Cl2O2. The van der Waals surface area contributed by atoms with Gasteiger partial charge < -0.3 is 9.84 Å². The Kier molecular flexibility index (Phi) is 4.70. The Morgan fingerprint density at radius 2 is 1.84 bits per heavy atom. The van der Waals surface area contributed by atoms with Crippen LogP contribution in [0.2, 0.25) is 10.0 Å². The zero-order valence-electron chi connectivity index (χ0n) is 10.4. The van der Waals surface area contributed by atoms with Crippen molar-refractivity contribution in [2.45, 2.75) is 19.4 Å². The van der Waals surface area contributed by atoms with E-state index in [2.05, 4.69) is 0 Å². The third-order valence-corrected chi connectivity index (χ3v) is 3.31. The van der Waals surface area contributed by atoms with Crippen molar-refractivity contribution < 1.29 is 9.84 Å². The Hall–Kier alpha value is -1.22. The van der Waals surface area contributed by atoms with E-state index < -0.39 is 6.10 Å². The molecule has 0 fully saturated rings. The summed E-state index contributed by atoms with van der Waals surface area (Å²) in [5.74, 6) is 1.11. The van der Waals surface area contributed by atoms with Crippen LogP contribution in [-0.4, -0.2) is 5.11 Å². The first-order valence-corrected chi connectivity index (χ1v) is 6.77. The van der Waals surface area contributed by atoms with Crippen LogP contribution in [0.25, 0.3) is 0 Å². The molecule has 0 radical (unpaired) electrons. The fourth-order valence-corrected chi connectivity index (χ4v) is 2.19. The van der Waals surface area contributed by atoms with Crippen molar-refractivity contribution in [1.29, 1.82) is 0 Å². The SMILES string of the molecule is CC[C@@H](O)c1ccccc1Oc1ccc(Cl)cc1Cl. The van der Waals surface area contributed by atoms with Gasteiger partial charge in [-0.2, -0.15) is 0 Å². The second-order valence-corrected chi connectivity index (χ2v) is 4.98. The Morgan fingerprint density at radius 3 is 2.53 bits per heavy atom. The summed E-state index contributed by atoms with van der Waals surface area (Å²) in [6.07, 6.45) is 0.0663. The molecule has 2 aromatic rings. The minimum atomic E-state index is -0.553. The fourth-order valence-electron chi connectivity index (χ4n) is 1.75. The molecule has 0 spiro atoms. The quantitative estimate of drug-likeness (QED) is 0.837. The maximum absolute atomic E-state index is 9.97. The number of hydrogen-bond donors (Lipinski definition) is 1. The van der Waals surface area contributed by atoms with Crippen LogP contribution in [0.15, 0.2) is 42.5 Å². The van der Waals surface area contributed by atoms with Crippen LogP contribution < -0.4 is 4.74 Å². The Morgan fingerprint density at radius 1 is 1.11 bits per heavy atom. The number of para-hydroxylation sites is 1. The second-order valence-electron chi connectivity index (χ2n) is 4.14. The number of halogens is 2. The van der Waals surface area contributed by atoms with Gasteiger partial charge in [0.05, 0.1) is 11.1 Å². The molecule has 0 unspecified atom stereocenters. The number of aliphatic hydroxyl groups is 1. The highest BCUT2D eigenvalue weighted by molar-refractivity contribution is 6.35. The largest absolute Gasteiger partial charge is 0.455 e. The summed E-state index contributed by atoms with van der Waals surface area (Å²) in [7, 11) is 0. The first-order valence-electron chi connectivity index (χ1n) is 6.01. The van der Waals surface area contributed by atoms with Gasteiger partial charge in [0.15, 0.2) is 0 Å². The molecule has 0 amide bonds. The topological polar surface area (TPSA) is 29.5 Å². The Bertz CT molecular complexity index is 570. The van der Waals surface area contributed by atoms with Crippen molar-refractivity contribution in [1.82, 2.24) is 0 Å². The van der Waals surface area contributed by atoms with E-state index in [9.17, 15) is 5.11 Å². The van der Waals surface area contributed by atoms with E-state index >= 15 is 0 Å². The predicted molar refractivity (Wildman–Crippen MR) is 78.2 cm³/mol. The average molecular weight is 297 g/mol. The van der Waals surface area contributed by atoms with Crippen LogP contribution in [0.1, 0.15) is 25.0 Å². The summed E-state index contributed by atoms with van der Waals surface area (Å²) in [6, 6.07) is 12.4. The molecular weight excluding hydrogens is 283 g/mol. The van der Waals surface area contributed by atoms with Crippen LogP contribution >= 0.6 is 23.2 Å². The van der Waals surface area contributed by atoms with E-state index in [1.807, 2.05) is 25.1 Å². The first kappa shape index (κ1) is 14.2. The van der Waals surface area contributed by atoms with Gasteiger partial charge in [-0.3, -0.25) is 0 Å². The van der Waals surface area contributed by atoms with E-state index in [0.717, 1.165) is 5.56 Å². The monoisotopic (exact) mass is 296 g/mol. The maximum Gasteiger partial charge on any atom is 0.146 e. The summed E-state index contributed by atoms with van der Waals surface area (Å²) in [4.78, 5) is 0. The van der Waals surface area contributed by atoms with Gasteiger partial charge in [0.2, 0.25) is 0 Å². The molecule has 2 aromatic carbocycles. The molecule has 4 heteroatoms. The van der Waals surface area contributed by atoms with Gasteiger partial charge in [-0.15, -0.1) is 0 Å². The minimum Gasteiger partial charge on any atom is -0.455 e. The second kappa shape index (κ2) is 6.29. The van der Waals surface area contributed by atoms with Gasteiger partial charge in [-0.1, -0.05) is 48.3 Å². The highest BCUT2D eigenvalue weighted by Crippen LogP contribution is 2.35. The number of rotatable bonds is 4. The summed E-state index contributed by atoms with van der Waals surface area (Å²) < 4.78 is 5.77. The molecule has 0 aromatic heterocycles. The zero-order chi connectivity index (χ0) is 13.8. The third kappa shape index (κ3) is 3.41. The number of ether oxygens (including phenoxy) is 1. The van der Waals surface area contributed by atoms with E-state index in [4.69, 9.17) is 27.9 Å². The fraction of sp³-hybridized carbons (Fsp3) is 0.200. The van der Waals surface area contributed by atoms with Crippen molar-refractivity contribution in [2.75, 3.05) is 0 Å². The molecule has 1 atom stereocenters. The average Bonchev–Trinajstić information content (AvgIpc) is 2.41. The van der Waals surface area contributed by atoms with Crippen LogP contribution in [0.4, 0.5) is 0 Å². The van der Waals surface area contributed by atoms with Crippen molar-refractivity contribution in [3.63, 3.8) is 0 Å². The zero-order valence-corrected chi connectivity index (χ0v) is 11.9. The number of hydrogen-bond acceptors (Lipinski definition) is 2. The third-order valence-electron chi connectivity index (χ3n) is 2.78. The predicted octanol–water partition coefficient (Wildman–Crippen LogP) is 5.23. The van der Waals surface area contributed by atoms with Crippen molar-refractivity contribution in [3.8, 4) is 11.5 Å². The Balaban J connectivity index is 2.33. The highest BCUT2D eigenvalue weighted by atomic mass is 35.5. The van der Waals surface area contributed by atoms with E-state index in [0.29, 0.717) is 28.0 Å². The van der Waals surface area contributed by atoms with E-state index in [1.165, 1.54) is 0 Å². The van der Waals surface area contributed by atoms with Gasteiger partial charge in [0, 0.05) is 10.6 Å². The van der Waals surface area contributed by atoms with Gasteiger partial charge >= 0.3 is 0 Å². The lowest BCUT2D eigenvalue weighted by molar-refractivity contribution is 0.170. The van der Waals surface area contributed by atoms with Gasteiger partial charge in [0.1, 0.15) is 11.5 Å². The van der Waals surface area contributed by atoms with Gasteiger partial charge in [0.25, 0.3) is 0 Å². The molecule has 0 saturated carbocycles. The van der Waals surface area contributed by atoms with Crippen LogP contribution in [-0.2, 0) is 0 Å². The lowest BCUT2D eigenvalue weighted by Crippen LogP contribution is -1.98. The molecule has 0 aliphatic carbocycles. The molecule has 0 bridgehead atoms. The highest BCUT2D eigenvalue weighted by Gasteiger charge is 2.13. The van der Waals surface area contributed by atoms with Crippen molar-refractivity contribution in [2.24, 2.45) is 0 Å². The molecule has 2 rings (SSSR count). The lowest BCUT2D eigenvalue weighted by atomic mass is 10.1. The normalized spacial score (nSPS) is 12.2. The minimum absolute atomic E-state index is 0.438. The molecule has 100 valence electrons. The van der Waals surface area contributed by atoms with Crippen molar-refractivity contribution >= 4 is 23.2 Å². The van der Waals surface area contributed by atoms with E-state index in [-0.39, 0.29) is 0 Å². The van der Waals surface area contributed by atoms with Gasteiger partial charge in [-0.05, 0) is 30.7 Å². The molecule has 19 heavy (non-hydrogen) atoms. The molecule has 1 N–H and O–H groups in total. The summed E-state index contributed by atoms with van der Waals surface area (Å²) in [5.41, 5.74) is 0.746. The summed E-state index contributed by atoms with van der Waals surface area (Å²) >= 11 is 11.9. The van der Waals surface area contributed by atoms with E-state index in [1.54, 1.807) is 24.3 Å².